The quantitative estimate of drug-likeness (QED) is 0.785. The molecule has 0 N–H and O–H groups in total. The molecule has 0 saturated carbocycles. The molecule has 0 aliphatic carbocycles. The van der Waals surface area contributed by atoms with Crippen LogP contribution >= 0.6 is 0 Å². The van der Waals surface area contributed by atoms with Gasteiger partial charge in [-0.25, -0.2) is 4.39 Å². The van der Waals surface area contributed by atoms with Crippen molar-refractivity contribution in [2.45, 2.75) is 13.3 Å². The fourth-order valence-corrected chi connectivity index (χ4v) is 2.40. The first-order valence-electron chi connectivity index (χ1n) is 6.99. The second-order valence-corrected chi connectivity index (χ2v) is 5.20. The van der Waals surface area contributed by atoms with E-state index in [9.17, 15) is 9.18 Å². The molecule has 0 aromatic heterocycles. The van der Waals surface area contributed by atoms with Crippen molar-refractivity contribution in [3.63, 3.8) is 0 Å². The average molecular weight is 276 g/mol. The zero-order valence-electron chi connectivity index (χ0n) is 11.9. The molecule has 0 unspecified atom stereocenters. The first kappa shape index (κ1) is 14.7. The minimum atomic E-state index is -0.135. The Morgan fingerprint density at radius 3 is 2.65 bits per heavy atom. The van der Waals surface area contributed by atoms with E-state index in [0.29, 0.717) is 5.56 Å². The van der Waals surface area contributed by atoms with Gasteiger partial charge in [0.05, 0.1) is 0 Å². The molecule has 1 heterocycles. The molecule has 0 bridgehead atoms. The maximum absolute atomic E-state index is 13.5. The molecule has 20 heavy (non-hydrogen) atoms. The Labute approximate surface area is 119 Å². The van der Waals surface area contributed by atoms with Crippen LogP contribution in [-0.4, -0.2) is 48.4 Å². The van der Waals surface area contributed by atoms with E-state index in [1.165, 1.54) is 6.08 Å². The van der Waals surface area contributed by atoms with Crippen LogP contribution in [0, 0.1) is 12.7 Å². The monoisotopic (exact) mass is 276 g/mol. The molecule has 1 aromatic rings. The van der Waals surface area contributed by atoms with E-state index < -0.39 is 0 Å². The maximum atomic E-state index is 13.5. The van der Waals surface area contributed by atoms with Gasteiger partial charge in [0.2, 0.25) is 5.91 Å². The highest BCUT2D eigenvalue weighted by Gasteiger charge is 2.18. The van der Waals surface area contributed by atoms with Crippen LogP contribution in [0.1, 0.15) is 11.1 Å². The number of aryl methyl sites for hydroxylation is 1. The Morgan fingerprint density at radius 1 is 1.35 bits per heavy atom. The van der Waals surface area contributed by atoms with Gasteiger partial charge >= 0.3 is 0 Å². The highest BCUT2D eigenvalue weighted by atomic mass is 19.1. The largest absolute Gasteiger partial charge is 0.337 e. The molecule has 3 nitrogen and oxygen atoms in total. The second-order valence-electron chi connectivity index (χ2n) is 5.20. The fraction of sp³-hybridized carbons (Fsp3) is 0.438. The molecular formula is C16H21FN2O. The Kier molecular flexibility index (Phi) is 4.90. The van der Waals surface area contributed by atoms with Gasteiger partial charge in [0.1, 0.15) is 5.82 Å². The van der Waals surface area contributed by atoms with E-state index in [-0.39, 0.29) is 11.7 Å². The number of amides is 1. The van der Waals surface area contributed by atoms with Crippen LogP contribution in [0.4, 0.5) is 4.39 Å². The molecule has 0 radical (unpaired) electrons. The van der Waals surface area contributed by atoms with Crippen molar-refractivity contribution in [1.29, 1.82) is 0 Å². The van der Waals surface area contributed by atoms with Crippen LogP contribution in [0.3, 0.4) is 0 Å². The van der Waals surface area contributed by atoms with Gasteiger partial charge in [0.15, 0.2) is 0 Å². The van der Waals surface area contributed by atoms with Crippen LogP contribution in [0.15, 0.2) is 30.9 Å². The van der Waals surface area contributed by atoms with E-state index in [1.54, 1.807) is 13.0 Å². The van der Waals surface area contributed by atoms with Crippen molar-refractivity contribution in [1.82, 2.24) is 9.80 Å². The summed E-state index contributed by atoms with van der Waals surface area (Å²) in [5, 5.41) is 0. The predicted octanol–water partition coefficient (Wildman–Crippen LogP) is 2.01. The van der Waals surface area contributed by atoms with Gasteiger partial charge in [0.25, 0.3) is 0 Å². The van der Waals surface area contributed by atoms with E-state index in [1.807, 2.05) is 17.0 Å². The van der Waals surface area contributed by atoms with Gasteiger partial charge in [-0.1, -0.05) is 18.7 Å². The van der Waals surface area contributed by atoms with E-state index in [2.05, 4.69) is 11.5 Å². The van der Waals surface area contributed by atoms with Gasteiger partial charge in [-0.15, -0.1) is 0 Å². The average Bonchev–Trinajstić information content (AvgIpc) is 2.48. The molecule has 1 aliphatic heterocycles. The summed E-state index contributed by atoms with van der Waals surface area (Å²) in [6.45, 7) is 9.40. The molecule has 0 spiro atoms. The van der Waals surface area contributed by atoms with Crippen LogP contribution in [0.5, 0.6) is 0 Å². The number of halogens is 1. The molecule has 1 saturated heterocycles. The SMILES string of the molecule is C=CC(=O)N1CCN(CCc2ccc(C)c(F)c2)CC1. The number of rotatable bonds is 4. The zero-order chi connectivity index (χ0) is 14.5. The zero-order valence-corrected chi connectivity index (χ0v) is 11.9. The van der Waals surface area contributed by atoms with Crippen LogP contribution < -0.4 is 0 Å². The number of nitrogens with zero attached hydrogens (tertiary/aromatic N) is 2. The van der Waals surface area contributed by atoms with Gasteiger partial charge < -0.3 is 4.90 Å². The minimum absolute atomic E-state index is 0.00487. The van der Waals surface area contributed by atoms with Crippen molar-refractivity contribution >= 4 is 5.91 Å². The molecule has 1 aromatic carbocycles. The first-order chi connectivity index (χ1) is 9.60. The molecule has 1 fully saturated rings. The number of piperazine rings is 1. The number of carbonyl (C=O) groups is 1. The van der Waals surface area contributed by atoms with E-state index in [0.717, 1.165) is 44.7 Å². The molecule has 108 valence electrons. The summed E-state index contributed by atoms with van der Waals surface area (Å²) >= 11 is 0. The van der Waals surface area contributed by atoms with Crippen molar-refractivity contribution in [2.24, 2.45) is 0 Å². The number of hydrogen-bond donors (Lipinski definition) is 0. The van der Waals surface area contributed by atoms with Crippen LogP contribution in [0.2, 0.25) is 0 Å². The third-order valence-corrected chi connectivity index (χ3v) is 3.81. The van der Waals surface area contributed by atoms with Gasteiger partial charge in [-0.05, 0) is 36.6 Å². The molecule has 1 amide bonds. The fourth-order valence-electron chi connectivity index (χ4n) is 2.40. The van der Waals surface area contributed by atoms with Gasteiger partial charge in [-0.2, -0.15) is 0 Å². The van der Waals surface area contributed by atoms with Crippen molar-refractivity contribution in [2.75, 3.05) is 32.7 Å². The Balaban J connectivity index is 1.80. The number of carbonyl (C=O) groups excluding carboxylic acids is 1. The number of benzene rings is 1. The van der Waals surface area contributed by atoms with Gasteiger partial charge in [-0.3, -0.25) is 9.69 Å². The predicted molar refractivity (Wildman–Crippen MR) is 78.1 cm³/mol. The summed E-state index contributed by atoms with van der Waals surface area (Å²) in [5.41, 5.74) is 1.71. The first-order valence-corrected chi connectivity index (χ1v) is 6.99. The lowest BCUT2D eigenvalue weighted by Gasteiger charge is -2.34. The van der Waals surface area contributed by atoms with Gasteiger partial charge in [0, 0.05) is 32.7 Å². The topological polar surface area (TPSA) is 23.6 Å². The molecule has 1 aliphatic rings. The van der Waals surface area contributed by atoms with Crippen molar-refractivity contribution < 1.29 is 9.18 Å². The normalized spacial score (nSPS) is 16.2. The summed E-state index contributed by atoms with van der Waals surface area (Å²) in [6.07, 6.45) is 2.21. The molecular weight excluding hydrogens is 255 g/mol. The lowest BCUT2D eigenvalue weighted by atomic mass is 10.1. The molecule has 2 rings (SSSR count). The highest BCUT2D eigenvalue weighted by Crippen LogP contribution is 2.11. The van der Waals surface area contributed by atoms with E-state index in [4.69, 9.17) is 0 Å². The van der Waals surface area contributed by atoms with E-state index >= 15 is 0 Å². The minimum Gasteiger partial charge on any atom is -0.337 e. The number of hydrogen-bond acceptors (Lipinski definition) is 2. The summed E-state index contributed by atoms with van der Waals surface area (Å²) in [6, 6.07) is 5.42. The lowest BCUT2D eigenvalue weighted by molar-refractivity contribution is -0.127. The maximum Gasteiger partial charge on any atom is 0.246 e. The lowest BCUT2D eigenvalue weighted by Crippen LogP contribution is -2.48. The standard InChI is InChI=1S/C16H21FN2O/c1-3-16(20)19-10-8-18(9-11-19)7-6-14-5-4-13(2)15(17)12-14/h3-5,12H,1,6-11H2,2H3. The van der Waals surface area contributed by atoms with Crippen LogP contribution in [0.25, 0.3) is 0 Å². The summed E-state index contributed by atoms with van der Waals surface area (Å²) in [4.78, 5) is 15.6. The highest BCUT2D eigenvalue weighted by molar-refractivity contribution is 5.87. The molecule has 4 heteroatoms. The van der Waals surface area contributed by atoms with Crippen molar-refractivity contribution in [3.8, 4) is 0 Å². The summed E-state index contributed by atoms with van der Waals surface area (Å²) in [7, 11) is 0. The Bertz CT molecular complexity index is 493. The Morgan fingerprint density at radius 2 is 2.05 bits per heavy atom. The van der Waals surface area contributed by atoms with Crippen molar-refractivity contribution in [3.05, 3.63) is 47.8 Å². The summed E-state index contributed by atoms with van der Waals surface area (Å²) < 4.78 is 13.5. The molecule has 0 atom stereocenters. The second kappa shape index (κ2) is 6.66. The third-order valence-electron chi connectivity index (χ3n) is 3.81. The smallest absolute Gasteiger partial charge is 0.246 e. The third kappa shape index (κ3) is 3.67. The van der Waals surface area contributed by atoms with Crippen LogP contribution in [-0.2, 0) is 11.2 Å². The Hall–Kier alpha value is -1.68. The summed E-state index contributed by atoms with van der Waals surface area (Å²) in [5.74, 6) is -0.130.